The van der Waals surface area contributed by atoms with Gasteiger partial charge >= 0.3 is 0 Å². The molecular weight excluding hydrogens is 595 g/mol. The lowest BCUT2D eigenvalue weighted by atomic mass is 10.0. The monoisotopic (exact) mass is 626 g/mol. The molecule has 6 rings (SSSR count). The number of amides is 2. The molecular formula is C34H32ClFN6O3. The number of fused-ring (bicyclic) bond motifs is 1. The normalized spacial score (nSPS) is 13.5. The number of carbonyl (C=O) groups excluding carboxylic acids is 2. The van der Waals surface area contributed by atoms with Gasteiger partial charge in [-0.05, 0) is 78.1 Å². The van der Waals surface area contributed by atoms with E-state index in [2.05, 4.69) is 20.6 Å². The summed E-state index contributed by atoms with van der Waals surface area (Å²) in [7, 11) is 0. The van der Waals surface area contributed by atoms with E-state index in [1.54, 1.807) is 24.3 Å². The molecule has 3 heterocycles. The summed E-state index contributed by atoms with van der Waals surface area (Å²) in [5.74, 6) is 0.803. The molecule has 2 N–H and O–H groups in total. The van der Waals surface area contributed by atoms with E-state index in [1.165, 1.54) is 25.4 Å². The largest absolute Gasteiger partial charge is 0.487 e. The van der Waals surface area contributed by atoms with Crippen LogP contribution in [-0.4, -0.2) is 50.4 Å². The predicted octanol–water partition coefficient (Wildman–Crippen LogP) is 6.34. The Morgan fingerprint density at radius 3 is 2.64 bits per heavy atom. The Kier molecular flexibility index (Phi) is 8.93. The first-order chi connectivity index (χ1) is 21.8. The maximum absolute atomic E-state index is 13.5. The summed E-state index contributed by atoms with van der Waals surface area (Å²) in [6, 6.07) is 19.7. The van der Waals surface area contributed by atoms with Crippen molar-refractivity contribution in [3.8, 4) is 16.9 Å². The minimum absolute atomic E-state index is 0.0356. The van der Waals surface area contributed by atoms with Crippen LogP contribution in [-0.2, 0) is 22.7 Å². The van der Waals surface area contributed by atoms with Crippen molar-refractivity contribution in [3.05, 3.63) is 102 Å². The molecule has 1 aliphatic heterocycles. The van der Waals surface area contributed by atoms with Crippen molar-refractivity contribution in [2.75, 3.05) is 18.4 Å². The van der Waals surface area contributed by atoms with Crippen LogP contribution in [0.25, 0.3) is 22.0 Å². The van der Waals surface area contributed by atoms with Crippen LogP contribution in [0, 0.1) is 5.82 Å². The van der Waals surface area contributed by atoms with Gasteiger partial charge in [0.05, 0.1) is 10.5 Å². The van der Waals surface area contributed by atoms with Crippen molar-refractivity contribution < 1.29 is 18.7 Å². The van der Waals surface area contributed by atoms with Gasteiger partial charge in [-0.25, -0.2) is 14.4 Å². The fourth-order valence-corrected chi connectivity index (χ4v) is 5.72. The summed E-state index contributed by atoms with van der Waals surface area (Å²) < 4.78 is 21.2. The van der Waals surface area contributed by atoms with Crippen LogP contribution in [0.1, 0.15) is 25.3 Å². The SMILES string of the molecule is CC(=O)NC1CCN(C(=O)Cn2ccc(-c3ccc4ncnc(Nc5ccc(OCc6cccc(F)c6)c(Cl)c5)c4c3)c2)CC1. The molecule has 45 heavy (non-hydrogen) atoms. The Morgan fingerprint density at radius 2 is 1.87 bits per heavy atom. The molecule has 3 aromatic carbocycles. The first-order valence-corrected chi connectivity index (χ1v) is 15.1. The van der Waals surface area contributed by atoms with Crippen molar-refractivity contribution >= 4 is 45.8 Å². The van der Waals surface area contributed by atoms with Crippen LogP contribution in [0.4, 0.5) is 15.9 Å². The summed E-state index contributed by atoms with van der Waals surface area (Å²) >= 11 is 6.51. The number of anilines is 2. The number of halogens is 2. The molecule has 9 nitrogen and oxygen atoms in total. The first-order valence-electron chi connectivity index (χ1n) is 14.7. The summed E-state index contributed by atoms with van der Waals surface area (Å²) in [5, 5.41) is 7.51. The van der Waals surface area contributed by atoms with Crippen molar-refractivity contribution in [3.63, 3.8) is 0 Å². The highest BCUT2D eigenvalue weighted by molar-refractivity contribution is 6.32. The van der Waals surface area contributed by atoms with Gasteiger partial charge in [0.25, 0.3) is 0 Å². The lowest BCUT2D eigenvalue weighted by molar-refractivity contribution is -0.133. The number of likely N-dealkylation sites (tertiary alicyclic amines) is 1. The summed E-state index contributed by atoms with van der Waals surface area (Å²) in [5.41, 5.74) is 4.12. The zero-order chi connectivity index (χ0) is 31.3. The van der Waals surface area contributed by atoms with Crippen molar-refractivity contribution in [1.29, 1.82) is 0 Å². The first kappa shape index (κ1) is 30.1. The molecule has 1 fully saturated rings. The zero-order valence-electron chi connectivity index (χ0n) is 24.7. The third-order valence-electron chi connectivity index (χ3n) is 7.77. The molecule has 230 valence electrons. The standard InChI is InChI=1S/C34H32ClFN6O3/c1-22(43)39-27-10-13-42(14-11-27)33(44)19-41-12-9-25(18-41)24-5-7-31-29(16-24)34(38-21-37-31)40-28-6-8-32(30(35)17-28)45-20-23-3-2-4-26(36)15-23/h2-9,12,15-18,21,27H,10-11,13-14,19-20H2,1H3,(H,39,43)(H,37,38,40). The fourth-order valence-electron chi connectivity index (χ4n) is 5.48. The Balaban J connectivity index is 1.12. The number of carbonyl (C=O) groups is 2. The Labute approximate surface area is 265 Å². The second-order valence-electron chi connectivity index (χ2n) is 11.1. The predicted molar refractivity (Wildman–Crippen MR) is 172 cm³/mol. The second kappa shape index (κ2) is 13.4. The molecule has 2 aromatic heterocycles. The van der Waals surface area contributed by atoms with E-state index in [0.717, 1.165) is 34.9 Å². The van der Waals surface area contributed by atoms with Crippen LogP contribution in [0.2, 0.25) is 5.02 Å². The van der Waals surface area contributed by atoms with Gasteiger partial charge in [-0.1, -0.05) is 29.8 Å². The molecule has 2 amide bonds. The van der Waals surface area contributed by atoms with Gasteiger partial charge in [0, 0.05) is 49.5 Å². The maximum atomic E-state index is 13.5. The van der Waals surface area contributed by atoms with Gasteiger partial charge in [0.15, 0.2) is 0 Å². The number of hydrogen-bond acceptors (Lipinski definition) is 6. The average molecular weight is 627 g/mol. The van der Waals surface area contributed by atoms with E-state index >= 15 is 0 Å². The van der Waals surface area contributed by atoms with Crippen LogP contribution in [0.5, 0.6) is 5.75 Å². The molecule has 11 heteroatoms. The Bertz CT molecular complexity index is 1850. The smallest absolute Gasteiger partial charge is 0.242 e. The number of benzene rings is 3. The maximum Gasteiger partial charge on any atom is 0.242 e. The second-order valence-corrected chi connectivity index (χ2v) is 11.5. The highest BCUT2D eigenvalue weighted by atomic mass is 35.5. The molecule has 0 unspecified atom stereocenters. The van der Waals surface area contributed by atoms with E-state index in [1.807, 2.05) is 52.2 Å². The molecule has 5 aromatic rings. The van der Waals surface area contributed by atoms with Crippen LogP contribution < -0.4 is 15.4 Å². The third kappa shape index (κ3) is 7.41. The number of hydrogen-bond donors (Lipinski definition) is 2. The van der Waals surface area contributed by atoms with Crippen LogP contribution in [0.15, 0.2) is 85.5 Å². The van der Waals surface area contributed by atoms with Crippen LogP contribution in [0.3, 0.4) is 0 Å². The molecule has 0 bridgehead atoms. The van der Waals surface area contributed by atoms with Gasteiger partial charge < -0.3 is 24.8 Å². The molecule has 0 aliphatic carbocycles. The lowest BCUT2D eigenvalue weighted by Gasteiger charge is -2.32. The summed E-state index contributed by atoms with van der Waals surface area (Å²) in [6.07, 6.45) is 6.89. The van der Waals surface area contributed by atoms with Gasteiger partial charge in [-0.2, -0.15) is 0 Å². The Hall–Kier alpha value is -4.96. The van der Waals surface area contributed by atoms with E-state index in [0.29, 0.717) is 40.9 Å². The van der Waals surface area contributed by atoms with Gasteiger partial charge in [-0.3, -0.25) is 9.59 Å². The highest BCUT2D eigenvalue weighted by Gasteiger charge is 2.23. The number of piperidine rings is 1. The van der Waals surface area contributed by atoms with E-state index in [4.69, 9.17) is 16.3 Å². The molecule has 1 aliphatic rings. The van der Waals surface area contributed by atoms with E-state index in [-0.39, 0.29) is 36.8 Å². The van der Waals surface area contributed by atoms with E-state index < -0.39 is 0 Å². The quantitative estimate of drug-likeness (QED) is 0.198. The van der Waals surface area contributed by atoms with Gasteiger partial charge in [0.2, 0.25) is 11.8 Å². The fraction of sp³-hybridized carbons (Fsp3) is 0.235. The topological polar surface area (TPSA) is 101 Å². The zero-order valence-corrected chi connectivity index (χ0v) is 25.4. The number of nitrogens with zero attached hydrogens (tertiary/aromatic N) is 4. The van der Waals surface area contributed by atoms with Gasteiger partial charge in [0.1, 0.15) is 36.9 Å². The van der Waals surface area contributed by atoms with Crippen molar-refractivity contribution in [2.45, 2.75) is 39.0 Å². The van der Waals surface area contributed by atoms with Gasteiger partial charge in [-0.15, -0.1) is 0 Å². The molecule has 1 saturated heterocycles. The minimum atomic E-state index is -0.317. The van der Waals surface area contributed by atoms with Crippen molar-refractivity contribution in [2.24, 2.45) is 0 Å². The average Bonchev–Trinajstić information content (AvgIpc) is 3.49. The molecule has 0 saturated carbocycles. The number of rotatable bonds is 9. The lowest BCUT2D eigenvalue weighted by Crippen LogP contribution is -2.46. The third-order valence-corrected chi connectivity index (χ3v) is 8.07. The number of aromatic nitrogens is 3. The van der Waals surface area contributed by atoms with Crippen molar-refractivity contribution in [1.82, 2.24) is 24.8 Å². The number of nitrogens with one attached hydrogen (secondary N) is 2. The summed E-state index contributed by atoms with van der Waals surface area (Å²) in [4.78, 5) is 35.0. The molecule has 0 spiro atoms. The summed E-state index contributed by atoms with van der Waals surface area (Å²) in [6.45, 7) is 3.23. The van der Waals surface area contributed by atoms with Crippen LogP contribution >= 0.6 is 11.6 Å². The Morgan fingerprint density at radius 1 is 1.02 bits per heavy atom. The number of ether oxygens (including phenoxy) is 1. The molecule has 0 atom stereocenters. The molecule has 0 radical (unpaired) electrons. The minimum Gasteiger partial charge on any atom is -0.487 e. The van der Waals surface area contributed by atoms with E-state index in [9.17, 15) is 14.0 Å². The highest BCUT2D eigenvalue weighted by Crippen LogP contribution is 2.32.